The summed E-state index contributed by atoms with van der Waals surface area (Å²) in [5.41, 5.74) is 1.40. The monoisotopic (exact) mass is 494 g/mol. The van der Waals surface area contributed by atoms with Crippen molar-refractivity contribution >= 4 is 51.6 Å². The van der Waals surface area contributed by atoms with Crippen LogP contribution in [-0.4, -0.2) is 39.5 Å². The molecule has 170 valence electrons. The topological polar surface area (TPSA) is 95.3 Å². The number of benzene rings is 1. The molecule has 1 amide bonds. The standard InChI is InChI=1S/C21H23ClN4O4S2/c1-5-13-9-14(20(28)29-4)19(32-13)23-18(27)11-31-21-25-24-17(26(21)3)10-30-16-8-12(2)6-7-15(16)22/h6-9H,5,10-11H2,1-4H3,(H,23,27). The fraction of sp³-hybridized carbons (Fsp3) is 0.333. The Morgan fingerprint density at radius 3 is 2.78 bits per heavy atom. The molecule has 3 aromatic rings. The molecule has 0 saturated heterocycles. The Balaban J connectivity index is 1.59. The van der Waals surface area contributed by atoms with Crippen molar-refractivity contribution in [1.82, 2.24) is 14.8 Å². The number of methoxy groups -OCH3 is 1. The van der Waals surface area contributed by atoms with Gasteiger partial charge >= 0.3 is 5.97 Å². The molecule has 0 aliphatic heterocycles. The number of ether oxygens (including phenoxy) is 2. The van der Waals surface area contributed by atoms with Crippen LogP contribution in [0.2, 0.25) is 5.02 Å². The zero-order chi connectivity index (χ0) is 23.3. The Bertz CT molecular complexity index is 1130. The van der Waals surface area contributed by atoms with Gasteiger partial charge in [-0.15, -0.1) is 21.5 Å². The molecule has 0 saturated carbocycles. The SMILES string of the molecule is CCc1cc(C(=O)OC)c(NC(=O)CSc2nnc(COc3cc(C)ccc3Cl)n2C)s1. The summed E-state index contributed by atoms with van der Waals surface area (Å²) in [6.45, 7) is 4.13. The maximum atomic E-state index is 12.5. The predicted octanol–water partition coefficient (Wildman–Crippen LogP) is 4.50. The first-order valence-electron chi connectivity index (χ1n) is 9.73. The highest BCUT2D eigenvalue weighted by Crippen LogP contribution is 2.30. The van der Waals surface area contributed by atoms with Crippen molar-refractivity contribution in [3.8, 4) is 5.75 Å². The van der Waals surface area contributed by atoms with Gasteiger partial charge in [0.2, 0.25) is 5.91 Å². The number of halogens is 1. The summed E-state index contributed by atoms with van der Waals surface area (Å²) in [6, 6.07) is 7.29. The number of nitrogens with one attached hydrogen (secondary N) is 1. The number of carbonyl (C=O) groups excluding carboxylic acids is 2. The van der Waals surface area contributed by atoms with E-state index in [0.29, 0.717) is 32.3 Å². The molecular formula is C21H23ClN4O4S2. The molecule has 0 atom stereocenters. The number of hydrogen-bond acceptors (Lipinski definition) is 8. The molecule has 11 heteroatoms. The fourth-order valence-electron chi connectivity index (χ4n) is 2.72. The summed E-state index contributed by atoms with van der Waals surface area (Å²) >= 11 is 8.77. The summed E-state index contributed by atoms with van der Waals surface area (Å²) < 4.78 is 12.3. The molecule has 0 bridgehead atoms. The van der Waals surface area contributed by atoms with Crippen molar-refractivity contribution in [3.05, 3.63) is 51.1 Å². The van der Waals surface area contributed by atoms with Gasteiger partial charge in [-0.1, -0.05) is 36.4 Å². The van der Waals surface area contributed by atoms with Crippen molar-refractivity contribution in [2.24, 2.45) is 7.05 Å². The number of anilines is 1. The van der Waals surface area contributed by atoms with Crippen molar-refractivity contribution in [3.63, 3.8) is 0 Å². The van der Waals surface area contributed by atoms with E-state index >= 15 is 0 Å². The van der Waals surface area contributed by atoms with Gasteiger partial charge in [0.15, 0.2) is 11.0 Å². The number of aryl methyl sites for hydroxylation is 2. The van der Waals surface area contributed by atoms with Crippen LogP contribution < -0.4 is 10.1 Å². The minimum absolute atomic E-state index is 0.108. The van der Waals surface area contributed by atoms with Crippen LogP contribution >= 0.6 is 34.7 Å². The van der Waals surface area contributed by atoms with Crippen molar-refractivity contribution in [2.75, 3.05) is 18.2 Å². The Kier molecular flexibility index (Phi) is 8.16. The van der Waals surface area contributed by atoms with Gasteiger partial charge < -0.3 is 19.4 Å². The number of rotatable bonds is 9. The lowest BCUT2D eigenvalue weighted by Crippen LogP contribution is -2.16. The Morgan fingerprint density at radius 2 is 2.06 bits per heavy atom. The number of aromatic nitrogens is 3. The molecule has 3 rings (SSSR count). The first-order chi connectivity index (χ1) is 15.3. The molecule has 8 nitrogen and oxygen atoms in total. The minimum Gasteiger partial charge on any atom is -0.484 e. The van der Waals surface area contributed by atoms with Crippen LogP contribution in [0.3, 0.4) is 0 Å². The largest absolute Gasteiger partial charge is 0.484 e. The zero-order valence-corrected chi connectivity index (χ0v) is 20.5. The normalized spacial score (nSPS) is 10.8. The number of nitrogens with zero attached hydrogens (tertiary/aromatic N) is 3. The molecule has 1 aromatic carbocycles. The van der Waals surface area contributed by atoms with Gasteiger partial charge in [-0.3, -0.25) is 4.79 Å². The Hall–Kier alpha value is -2.56. The van der Waals surface area contributed by atoms with Gasteiger partial charge in [0.25, 0.3) is 0 Å². The van der Waals surface area contributed by atoms with Crippen molar-refractivity contribution < 1.29 is 19.1 Å². The lowest BCUT2D eigenvalue weighted by Gasteiger charge is -2.09. The van der Waals surface area contributed by atoms with E-state index in [-0.39, 0.29) is 18.3 Å². The molecule has 0 unspecified atom stereocenters. The van der Waals surface area contributed by atoms with E-state index in [2.05, 4.69) is 15.5 Å². The van der Waals surface area contributed by atoms with Crippen LogP contribution in [0.4, 0.5) is 5.00 Å². The minimum atomic E-state index is -0.476. The van der Waals surface area contributed by atoms with Gasteiger partial charge in [0.05, 0.1) is 23.4 Å². The third kappa shape index (κ3) is 5.81. The van der Waals surface area contributed by atoms with Crippen LogP contribution in [0, 0.1) is 6.92 Å². The van der Waals surface area contributed by atoms with E-state index < -0.39 is 5.97 Å². The number of amides is 1. The third-order valence-corrected chi connectivity index (χ3v) is 7.02. The van der Waals surface area contributed by atoms with E-state index in [1.165, 1.54) is 30.2 Å². The van der Waals surface area contributed by atoms with Gasteiger partial charge in [-0.2, -0.15) is 0 Å². The van der Waals surface area contributed by atoms with Crippen molar-refractivity contribution in [2.45, 2.75) is 32.0 Å². The average Bonchev–Trinajstić information content (AvgIpc) is 3.35. The molecular weight excluding hydrogens is 472 g/mol. The second kappa shape index (κ2) is 10.8. The first kappa shape index (κ1) is 24.1. The van der Waals surface area contributed by atoms with Gasteiger partial charge in [0, 0.05) is 11.9 Å². The number of carbonyl (C=O) groups is 2. The number of thioether (sulfide) groups is 1. The lowest BCUT2D eigenvalue weighted by atomic mass is 10.2. The number of hydrogen-bond donors (Lipinski definition) is 1. The summed E-state index contributed by atoms with van der Waals surface area (Å²) in [4.78, 5) is 25.4. The van der Waals surface area contributed by atoms with Crippen molar-refractivity contribution in [1.29, 1.82) is 0 Å². The van der Waals surface area contributed by atoms with E-state index in [1.54, 1.807) is 23.7 Å². The average molecular weight is 495 g/mol. The van der Waals surface area contributed by atoms with E-state index in [0.717, 1.165) is 16.9 Å². The highest BCUT2D eigenvalue weighted by atomic mass is 35.5. The molecule has 32 heavy (non-hydrogen) atoms. The second-order valence-electron chi connectivity index (χ2n) is 6.82. The molecule has 2 aromatic heterocycles. The maximum absolute atomic E-state index is 12.5. The zero-order valence-electron chi connectivity index (χ0n) is 18.1. The molecule has 1 N–H and O–H groups in total. The number of esters is 1. The van der Waals surface area contributed by atoms with E-state index in [9.17, 15) is 9.59 Å². The summed E-state index contributed by atoms with van der Waals surface area (Å²) in [7, 11) is 3.12. The highest BCUT2D eigenvalue weighted by molar-refractivity contribution is 7.99. The Morgan fingerprint density at radius 1 is 1.28 bits per heavy atom. The van der Waals surface area contributed by atoms with Crippen LogP contribution in [0.1, 0.15) is 33.5 Å². The predicted molar refractivity (Wildman–Crippen MR) is 126 cm³/mol. The Labute approximate surface area is 199 Å². The van der Waals surface area contributed by atoms with Crippen LogP contribution in [-0.2, 0) is 29.6 Å². The van der Waals surface area contributed by atoms with Gasteiger partial charge in [-0.25, -0.2) is 4.79 Å². The van der Waals surface area contributed by atoms with Gasteiger partial charge in [-0.05, 0) is 37.1 Å². The summed E-state index contributed by atoms with van der Waals surface area (Å²) in [5.74, 6) is 0.556. The summed E-state index contributed by atoms with van der Waals surface area (Å²) in [5, 5.41) is 12.7. The van der Waals surface area contributed by atoms with E-state index in [4.69, 9.17) is 21.1 Å². The van der Waals surface area contributed by atoms with Crippen LogP contribution in [0.15, 0.2) is 29.4 Å². The van der Waals surface area contributed by atoms with Gasteiger partial charge in [0.1, 0.15) is 17.4 Å². The quantitative estimate of drug-likeness (QED) is 0.345. The van der Waals surface area contributed by atoms with Crippen LogP contribution in [0.5, 0.6) is 5.75 Å². The number of thiophene rings is 1. The molecule has 0 radical (unpaired) electrons. The molecule has 0 aliphatic carbocycles. The lowest BCUT2D eigenvalue weighted by molar-refractivity contribution is -0.113. The molecule has 2 heterocycles. The first-order valence-corrected chi connectivity index (χ1v) is 11.9. The third-order valence-electron chi connectivity index (χ3n) is 4.49. The summed E-state index contributed by atoms with van der Waals surface area (Å²) in [6.07, 6.45) is 0.761. The molecule has 0 fully saturated rings. The highest BCUT2D eigenvalue weighted by Gasteiger charge is 2.19. The second-order valence-corrected chi connectivity index (χ2v) is 9.30. The fourth-order valence-corrected chi connectivity index (χ4v) is 4.63. The van der Waals surface area contributed by atoms with Crippen LogP contribution in [0.25, 0.3) is 0 Å². The van der Waals surface area contributed by atoms with E-state index in [1.807, 2.05) is 26.0 Å². The smallest absolute Gasteiger partial charge is 0.340 e. The molecule has 0 spiro atoms. The maximum Gasteiger partial charge on any atom is 0.340 e. The molecule has 0 aliphatic rings.